The van der Waals surface area contributed by atoms with Gasteiger partial charge >= 0.3 is 25.3 Å². The molecule has 0 spiro atoms. The van der Waals surface area contributed by atoms with Gasteiger partial charge in [0.15, 0.2) is 6.23 Å². The molecule has 3 aromatic heterocycles. The largest absolute Gasteiger partial charge is 0.475 e. The summed E-state index contributed by atoms with van der Waals surface area (Å²) in [5.41, 5.74) is 4.58. The van der Waals surface area contributed by atoms with Crippen molar-refractivity contribution in [2.75, 3.05) is 12.3 Å². The van der Waals surface area contributed by atoms with Crippen LogP contribution in [0.25, 0.3) is 0 Å². The molecule has 1 aliphatic rings. The molecule has 0 amide bonds. The molecule has 0 unspecified atom stereocenters. The second-order valence-corrected chi connectivity index (χ2v) is 9.54. The fraction of sp³-hybridized carbons (Fsp3) is 0.368. The number of nitro groups is 2. The van der Waals surface area contributed by atoms with E-state index in [1.54, 1.807) is 0 Å². The number of hydrogen-bond acceptors (Lipinski definition) is 16. The summed E-state index contributed by atoms with van der Waals surface area (Å²) in [7, 11) is -4.62. The molecule has 0 radical (unpaired) electrons. The minimum absolute atomic E-state index is 0.0804. The van der Waals surface area contributed by atoms with E-state index >= 15 is 0 Å². The summed E-state index contributed by atoms with van der Waals surface area (Å²) >= 11 is 0. The number of phosphoric ester groups is 1. The third kappa shape index (κ3) is 6.55. The van der Waals surface area contributed by atoms with Gasteiger partial charge in [0.2, 0.25) is 0 Å². The summed E-state index contributed by atoms with van der Waals surface area (Å²) in [5.74, 6) is -1.54. The molecule has 1 fully saturated rings. The predicted molar refractivity (Wildman–Crippen MR) is 123 cm³/mol. The van der Waals surface area contributed by atoms with Gasteiger partial charge in [-0.1, -0.05) is 0 Å². The highest BCUT2D eigenvalue weighted by Gasteiger charge is 2.45. The smallest absolute Gasteiger partial charge is 0.403 e. The van der Waals surface area contributed by atoms with Crippen molar-refractivity contribution >= 4 is 25.4 Å². The molecule has 0 aromatic carbocycles. The van der Waals surface area contributed by atoms with Crippen LogP contribution in [0.5, 0.6) is 0 Å². The van der Waals surface area contributed by atoms with Gasteiger partial charge in [0.1, 0.15) is 58.7 Å². The van der Waals surface area contributed by atoms with Crippen LogP contribution in [0, 0.1) is 20.2 Å². The minimum atomic E-state index is -4.62. The summed E-state index contributed by atoms with van der Waals surface area (Å²) in [6, 6.07) is 5.70. The number of hydrogen-bond donors (Lipinski definition) is 3. The molecule has 19 nitrogen and oxygen atoms in total. The fourth-order valence-corrected chi connectivity index (χ4v) is 4.49. The molecule has 39 heavy (non-hydrogen) atoms. The van der Waals surface area contributed by atoms with Crippen molar-refractivity contribution < 1.29 is 51.8 Å². The average Bonchev–Trinajstić information content (AvgIpc) is 3.62. The van der Waals surface area contributed by atoms with Crippen molar-refractivity contribution in [1.29, 1.82) is 0 Å². The number of nitrogens with two attached hydrogens (primary N) is 1. The van der Waals surface area contributed by atoms with Crippen LogP contribution in [0.3, 0.4) is 0 Å². The Balaban J connectivity index is 1.46. The molecule has 0 bridgehead atoms. The molecule has 1 aliphatic heterocycles. The molecule has 3 aromatic rings. The number of ether oxygens (including phenoxy) is 1. The van der Waals surface area contributed by atoms with Gasteiger partial charge in [-0.25, -0.2) is 9.36 Å². The molecular weight excluding hydrogens is 553 g/mol. The van der Waals surface area contributed by atoms with Crippen molar-refractivity contribution in [2.45, 2.75) is 37.8 Å². The minimum Gasteiger partial charge on any atom is -0.403 e. The lowest BCUT2D eigenvalue weighted by molar-refractivity contribution is -0.402. The highest BCUT2D eigenvalue weighted by atomic mass is 31.2. The van der Waals surface area contributed by atoms with E-state index in [0.29, 0.717) is 0 Å². The zero-order chi connectivity index (χ0) is 28.3. The molecule has 20 heteroatoms. The number of nitrogen functional groups attached to an aromatic ring is 1. The van der Waals surface area contributed by atoms with Gasteiger partial charge in [-0.3, -0.25) is 38.4 Å². The Morgan fingerprint density at radius 3 is 2.03 bits per heavy atom. The molecular formula is C19H20N5O14P. The monoisotopic (exact) mass is 573 g/mol. The first-order chi connectivity index (χ1) is 18.5. The number of furan rings is 2. The van der Waals surface area contributed by atoms with Gasteiger partial charge < -0.3 is 29.5 Å². The van der Waals surface area contributed by atoms with Crippen molar-refractivity contribution in [1.82, 2.24) is 9.55 Å². The molecule has 0 aliphatic carbocycles. The lowest BCUT2D eigenvalue weighted by atomic mass is 10.1. The molecule has 4 atom stereocenters. The van der Waals surface area contributed by atoms with Crippen molar-refractivity contribution in [3.63, 3.8) is 0 Å². The number of aliphatic hydroxyl groups is 2. The fourth-order valence-electron chi connectivity index (χ4n) is 3.36. The first kappa shape index (κ1) is 28.0. The van der Waals surface area contributed by atoms with Crippen LogP contribution in [0.15, 0.2) is 50.2 Å². The molecule has 4 heterocycles. The number of phosphoric acid groups is 1. The number of nitrogens with zero attached hydrogens (tertiary/aromatic N) is 4. The Morgan fingerprint density at radius 1 is 0.974 bits per heavy atom. The molecule has 4 N–H and O–H groups in total. The van der Waals surface area contributed by atoms with Gasteiger partial charge in [0.25, 0.3) is 0 Å². The molecule has 4 rings (SSSR count). The number of rotatable bonds is 12. The molecule has 1 saturated heterocycles. The summed E-state index contributed by atoms with van der Waals surface area (Å²) in [6.45, 7) is -1.97. The van der Waals surface area contributed by atoms with Crippen molar-refractivity contribution in [2.24, 2.45) is 0 Å². The lowest BCUT2D eigenvalue weighted by Crippen LogP contribution is -2.36. The average molecular weight is 573 g/mol. The summed E-state index contributed by atoms with van der Waals surface area (Å²) in [4.78, 5) is 35.7. The van der Waals surface area contributed by atoms with Crippen LogP contribution in [0.1, 0.15) is 17.7 Å². The zero-order valence-corrected chi connectivity index (χ0v) is 20.4. The zero-order valence-electron chi connectivity index (χ0n) is 19.5. The van der Waals surface area contributed by atoms with Gasteiger partial charge in [0.05, 0.1) is 18.7 Å². The van der Waals surface area contributed by atoms with Crippen LogP contribution in [-0.4, -0.2) is 54.5 Å². The number of aliphatic hydroxyl groups excluding tert-OH is 2. The quantitative estimate of drug-likeness (QED) is 0.155. The third-order valence-corrected chi connectivity index (χ3v) is 6.60. The van der Waals surface area contributed by atoms with Crippen molar-refractivity contribution in [3.05, 3.63) is 78.8 Å². The highest BCUT2D eigenvalue weighted by molar-refractivity contribution is 7.48. The maximum Gasteiger partial charge on any atom is 0.475 e. The van der Waals surface area contributed by atoms with Gasteiger partial charge in [-0.2, -0.15) is 4.98 Å². The number of aromatic nitrogens is 2. The Hall–Kier alpha value is -3.97. The second-order valence-electron chi connectivity index (χ2n) is 7.87. The van der Waals surface area contributed by atoms with Gasteiger partial charge in [-0.15, -0.1) is 0 Å². The van der Waals surface area contributed by atoms with Crippen LogP contribution >= 0.6 is 7.82 Å². The molecule has 210 valence electrons. The third-order valence-electron chi connectivity index (χ3n) is 5.24. The first-order valence-corrected chi connectivity index (χ1v) is 12.3. The maximum atomic E-state index is 13.3. The maximum absolute atomic E-state index is 13.3. The van der Waals surface area contributed by atoms with Crippen LogP contribution < -0.4 is 11.4 Å². The Bertz CT molecular complexity index is 1390. The summed E-state index contributed by atoms with van der Waals surface area (Å²) in [6.07, 6.45) is -4.83. The van der Waals surface area contributed by atoms with Gasteiger partial charge in [0, 0.05) is 6.20 Å². The van der Waals surface area contributed by atoms with Crippen LogP contribution in [0.2, 0.25) is 0 Å². The Morgan fingerprint density at radius 2 is 1.54 bits per heavy atom. The van der Waals surface area contributed by atoms with E-state index in [1.807, 2.05) is 0 Å². The highest BCUT2D eigenvalue weighted by Crippen LogP contribution is 2.52. The van der Waals surface area contributed by atoms with E-state index in [-0.39, 0.29) is 17.3 Å². The SMILES string of the molecule is Nc1ccn([C@@H]2O[C@H](COP(=O)(OCc3ccc([N+](=O)[O-])o3)OCc3ccc([N+](=O)[O-])o3)[C@H](O)[C@@H]2O)c(=O)n1. The summed E-state index contributed by atoms with van der Waals surface area (Å²) in [5, 5.41) is 42.4. The van der Waals surface area contributed by atoms with Crippen molar-refractivity contribution in [3.8, 4) is 0 Å². The summed E-state index contributed by atoms with van der Waals surface area (Å²) < 4.78 is 45.2. The van der Waals surface area contributed by atoms with E-state index in [4.69, 9.17) is 32.9 Å². The first-order valence-electron chi connectivity index (χ1n) is 10.8. The van der Waals surface area contributed by atoms with Gasteiger partial charge in [-0.05, 0) is 18.2 Å². The normalized spacial score (nSPS) is 21.3. The predicted octanol–water partition coefficient (Wildman–Crippen LogP) is 1.01. The van der Waals surface area contributed by atoms with E-state index in [9.17, 15) is 39.8 Å². The van der Waals surface area contributed by atoms with Crippen LogP contribution in [-0.2, 0) is 36.1 Å². The van der Waals surface area contributed by atoms with E-state index in [2.05, 4.69) is 4.98 Å². The Kier molecular flexibility index (Phi) is 8.21. The molecule has 0 saturated carbocycles. The topological polar surface area (TPSA) is 268 Å². The Labute approximate surface area is 216 Å². The lowest BCUT2D eigenvalue weighted by Gasteiger charge is -2.20. The number of anilines is 1. The van der Waals surface area contributed by atoms with Crippen LogP contribution in [0.4, 0.5) is 17.6 Å². The standard InChI is InChI=1S/C19H20N5O14P/c20-13-5-6-22(19(27)21-13)18-17(26)16(25)12(38-18)9-35-39(32,33-7-10-1-3-14(36-10)23(28)29)34-8-11-2-4-15(37-11)24(30)31/h1-6,12,16-18,25-26H,7-9H2,(H2,20,21,27)/t12-,16+,17+,18-/m1/s1. The second kappa shape index (κ2) is 11.4. The van der Waals surface area contributed by atoms with E-state index < -0.39 is 79.5 Å². The van der Waals surface area contributed by atoms with E-state index in [0.717, 1.165) is 16.7 Å². The van der Waals surface area contributed by atoms with E-state index in [1.165, 1.54) is 24.4 Å².